The van der Waals surface area contributed by atoms with Crippen LogP contribution in [0.3, 0.4) is 0 Å². The van der Waals surface area contributed by atoms with E-state index in [4.69, 9.17) is 16.3 Å². The van der Waals surface area contributed by atoms with Crippen LogP contribution in [0.4, 0.5) is 11.5 Å². The fraction of sp³-hybridized carbons (Fsp3) is 0.158. The molecule has 0 aliphatic carbocycles. The fourth-order valence-electron chi connectivity index (χ4n) is 2.41. The summed E-state index contributed by atoms with van der Waals surface area (Å²) >= 11 is 6.09. The zero-order valence-corrected chi connectivity index (χ0v) is 15.6. The summed E-state index contributed by atoms with van der Waals surface area (Å²) in [5.41, 5.74) is 1.86. The first-order chi connectivity index (χ1) is 13.0. The van der Waals surface area contributed by atoms with Gasteiger partial charge in [-0.15, -0.1) is 0 Å². The SMILES string of the molecule is COc1ccc(NC(=O)c2cc(NCc3ccncc3)nc(C)n2)cc1Cl. The molecule has 2 heterocycles. The summed E-state index contributed by atoms with van der Waals surface area (Å²) in [7, 11) is 1.53. The van der Waals surface area contributed by atoms with E-state index in [0.29, 0.717) is 34.6 Å². The number of amides is 1. The van der Waals surface area contributed by atoms with E-state index in [-0.39, 0.29) is 11.6 Å². The topological polar surface area (TPSA) is 89.0 Å². The maximum Gasteiger partial charge on any atom is 0.274 e. The molecule has 8 heteroatoms. The van der Waals surface area contributed by atoms with Crippen LogP contribution in [0.15, 0.2) is 48.8 Å². The van der Waals surface area contributed by atoms with E-state index in [1.807, 2.05) is 12.1 Å². The number of aromatic nitrogens is 3. The standard InChI is InChI=1S/C19H18ClN5O2/c1-12-23-16(10-18(24-12)22-11-13-5-7-21-8-6-13)19(26)25-14-3-4-17(27-2)15(20)9-14/h3-10H,11H2,1-2H3,(H,25,26)(H,22,23,24). The summed E-state index contributed by atoms with van der Waals surface area (Å²) in [4.78, 5) is 25.1. The first kappa shape index (κ1) is 18.6. The Morgan fingerprint density at radius 3 is 2.63 bits per heavy atom. The molecule has 3 rings (SSSR count). The average molecular weight is 384 g/mol. The number of ether oxygens (including phenoxy) is 1. The van der Waals surface area contributed by atoms with Crippen molar-refractivity contribution in [2.24, 2.45) is 0 Å². The van der Waals surface area contributed by atoms with Crippen molar-refractivity contribution in [2.75, 3.05) is 17.7 Å². The Balaban J connectivity index is 1.72. The predicted molar refractivity (Wildman–Crippen MR) is 104 cm³/mol. The number of nitrogens with zero attached hydrogens (tertiary/aromatic N) is 3. The van der Waals surface area contributed by atoms with Crippen molar-refractivity contribution in [1.29, 1.82) is 0 Å². The van der Waals surface area contributed by atoms with Crippen molar-refractivity contribution < 1.29 is 9.53 Å². The van der Waals surface area contributed by atoms with Crippen LogP contribution in [0.2, 0.25) is 5.02 Å². The number of benzene rings is 1. The summed E-state index contributed by atoms with van der Waals surface area (Å²) in [6.07, 6.45) is 3.45. The van der Waals surface area contributed by atoms with Crippen LogP contribution in [0, 0.1) is 6.92 Å². The van der Waals surface area contributed by atoms with Crippen LogP contribution in [0.5, 0.6) is 5.75 Å². The summed E-state index contributed by atoms with van der Waals surface area (Å²) in [6, 6.07) is 10.4. The highest BCUT2D eigenvalue weighted by molar-refractivity contribution is 6.32. The second-order valence-corrected chi connectivity index (χ2v) is 6.11. The fourth-order valence-corrected chi connectivity index (χ4v) is 2.66. The second-order valence-electron chi connectivity index (χ2n) is 5.70. The highest BCUT2D eigenvalue weighted by atomic mass is 35.5. The third-order valence-corrected chi connectivity index (χ3v) is 4.00. The van der Waals surface area contributed by atoms with E-state index >= 15 is 0 Å². The second kappa shape index (κ2) is 8.46. The molecule has 0 fully saturated rings. The van der Waals surface area contributed by atoms with Gasteiger partial charge in [-0.2, -0.15) is 0 Å². The Morgan fingerprint density at radius 1 is 1.15 bits per heavy atom. The quantitative estimate of drug-likeness (QED) is 0.674. The summed E-state index contributed by atoms with van der Waals surface area (Å²) in [5, 5.41) is 6.37. The van der Waals surface area contributed by atoms with Gasteiger partial charge in [-0.3, -0.25) is 9.78 Å². The highest BCUT2D eigenvalue weighted by Crippen LogP contribution is 2.27. The van der Waals surface area contributed by atoms with Gasteiger partial charge in [-0.25, -0.2) is 9.97 Å². The molecule has 3 aromatic rings. The summed E-state index contributed by atoms with van der Waals surface area (Å²) in [6.45, 7) is 2.30. The van der Waals surface area contributed by atoms with E-state index in [1.165, 1.54) is 7.11 Å². The first-order valence-corrected chi connectivity index (χ1v) is 8.56. The number of hydrogen-bond donors (Lipinski definition) is 2. The molecule has 1 amide bonds. The van der Waals surface area contributed by atoms with Gasteiger partial charge in [-0.1, -0.05) is 11.6 Å². The zero-order valence-electron chi connectivity index (χ0n) is 14.9. The van der Waals surface area contributed by atoms with Gasteiger partial charge in [0.05, 0.1) is 12.1 Å². The molecule has 0 spiro atoms. The Bertz CT molecular complexity index is 950. The van der Waals surface area contributed by atoms with Crippen molar-refractivity contribution in [3.63, 3.8) is 0 Å². The van der Waals surface area contributed by atoms with Gasteiger partial charge in [-0.05, 0) is 42.8 Å². The average Bonchev–Trinajstić information content (AvgIpc) is 2.67. The monoisotopic (exact) mass is 383 g/mol. The molecule has 2 N–H and O–H groups in total. The van der Waals surface area contributed by atoms with Crippen LogP contribution in [0.1, 0.15) is 21.9 Å². The van der Waals surface area contributed by atoms with Gasteiger partial charge in [0.15, 0.2) is 0 Å². The molecule has 0 saturated carbocycles. The molecule has 0 saturated heterocycles. The molecule has 0 aliphatic heterocycles. The van der Waals surface area contributed by atoms with Crippen molar-refractivity contribution in [3.8, 4) is 5.75 Å². The van der Waals surface area contributed by atoms with Gasteiger partial charge in [0.1, 0.15) is 23.1 Å². The van der Waals surface area contributed by atoms with Crippen molar-refractivity contribution in [2.45, 2.75) is 13.5 Å². The molecule has 0 unspecified atom stereocenters. The van der Waals surface area contributed by atoms with Gasteiger partial charge < -0.3 is 15.4 Å². The lowest BCUT2D eigenvalue weighted by Crippen LogP contribution is -2.16. The molecule has 1 aromatic carbocycles. The van der Waals surface area contributed by atoms with E-state index in [1.54, 1.807) is 43.6 Å². The largest absolute Gasteiger partial charge is 0.495 e. The third-order valence-electron chi connectivity index (χ3n) is 3.70. The maximum absolute atomic E-state index is 12.5. The normalized spacial score (nSPS) is 10.3. The van der Waals surface area contributed by atoms with E-state index < -0.39 is 0 Å². The molecule has 0 aliphatic rings. The van der Waals surface area contributed by atoms with Crippen LogP contribution in [0.25, 0.3) is 0 Å². The van der Waals surface area contributed by atoms with E-state index in [0.717, 1.165) is 5.56 Å². The molecule has 0 atom stereocenters. The maximum atomic E-state index is 12.5. The number of nitrogens with one attached hydrogen (secondary N) is 2. The molecular formula is C19H18ClN5O2. The van der Waals surface area contributed by atoms with Gasteiger partial charge in [0.25, 0.3) is 5.91 Å². The number of carbonyl (C=O) groups excluding carboxylic acids is 1. The number of hydrogen-bond acceptors (Lipinski definition) is 6. The lowest BCUT2D eigenvalue weighted by molar-refractivity contribution is 0.102. The first-order valence-electron chi connectivity index (χ1n) is 8.18. The Kier molecular flexibility index (Phi) is 5.83. The van der Waals surface area contributed by atoms with Gasteiger partial charge >= 0.3 is 0 Å². The van der Waals surface area contributed by atoms with Gasteiger partial charge in [0, 0.05) is 30.7 Å². The number of methoxy groups -OCH3 is 1. The molecular weight excluding hydrogens is 366 g/mol. The Hall–Kier alpha value is -3.19. The lowest BCUT2D eigenvalue weighted by Gasteiger charge is -2.10. The molecule has 2 aromatic heterocycles. The molecule has 138 valence electrons. The number of pyridine rings is 1. The van der Waals surface area contributed by atoms with Crippen molar-refractivity contribution in [1.82, 2.24) is 15.0 Å². The number of aryl methyl sites for hydroxylation is 1. The lowest BCUT2D eigenvalue weighted by atomic mass is 10.2. The molecule has 0 radical (unpaired) electrons. The zero-order chi connectivity index (χ0) is 19.2. The number of halogens is 1. The van der Waals surface area contributed by atoms with E-state index in [2.05, 4.69) is 25.6 Å². The Morgan fingerprint density at radius 2 is 1.93 bits per heavy atom. The minimum atomic E-state index is -0.353. The minimum Gasteiger partial charge on any atom is -0.495 e. The van der Waals surface area contributed by atoms with Crippen molar-refractivity contribution in [3.05, 3.63) is 70.9 Å². The summed E-state index contributed by atoms with van der Waals surface area (Å²) in [5.74, 6) is 1.24. The smallest absolute Gasteiger partial charge is 0.274 e. The predicted octanol–water partition coefficient (Wildman–Crippen LogP) is 3.71. The molecule has 0 bridgehead atoms. The van der Waals surface area contributed by atoms with Crippen molar-refractivity contribution >= 4 is 29.0 Å². The highest BCUT2D eigenvalue weighted by Gasteiger charge is 2.12. The van der Waals surface area contributed by atoms with Gasteiger partial charge in [0.2, 0.25) is 0 Å². The number of anilines is 2. The third kappa shape index (κ3) is 4.92. The van der Waals surface area contributed by atoms with E-state index in [9.17, 15) is 4.79 Å². The summed E-state index contributed by atoms with van der Waals surface area (Å²) < 4.78 is 5.11. The Labute approximate surface area is 161 Å². The van der Waals surface area contributed by atoms with Crippen LogP contribution in [-0.4, -0.2) is 28.0 Å². The number of carbonyl (C=O) groups is 1. The van der Waals surface area contributed by atoms with Crippen LogP contribution < -0.4 is 15.4 Å². The molecule has 27 heavy (non-hydrogen) atoms. The minimum absolute atomic E-state index is 0.256. The van der Waals surface area contributed by atoms with Crippen LogP contribution >= 0.6 is 11.6 Å². The van der Waals surface area contributed by atoms with Crippen LogP contribution in [-0.2, 0) is 6.54 Å². The molecule has 7 nitrogen and oxygen atoms in total. The number of rotatable bonds is 6.